The molecule has 1 aromatic rings. The van der Waals surface area contributed by atoms with Crippen LogP contribution in [0.2, 0.25) is 0 Å². The summed E-state index contributed by atoms with van der Waals surface area (Å²) < 4.78 is 6.33. The number of nitrogens with two attached hydrogens (primary N) is 2. The van der Waals surface area contributed by atoms with Crippen molar-refractivity contribution in [3.8, 4) is 5.75 Å². The van der Waals surface area contributed by atoms with E-state index >= 15 is 0 Å². The van der Waals surface area contributed by atoms with Gasteiger partial charge in [0.1, 0.15) is 5.75 Å². The van der Waals surface area contributed by atoms with Crippen LogP contribution in [0, 0.1) is 0 Å². The van der Waals surface area contributed by atoms with Crippen LogP contribution in [-0.4, -0.2) is 13.7 Å². The fourth-order valence-corrected chi connectivity index (χ4v) is 2.04. The number of halogens is 1. The fourth-order valence-electron chi connectivity index (χ4n) is 1.66. The van der Waals surface area contributed by atoms with Crippen LogP contribution >= 0.6 is 15.9 Å². The van der Waals surface area contributed by atoms with Gasteiger partial charge in [-0.05, 0) is 37.6 Å². The van der Waals surface area contributed by atoms with E-state index in [-0.39, 0.29) is 6.04 Å². The third-order valence-electron chi connectivity index (χ3n) is 2.56. The predicted octanol–water partition coefficient (Wildman–Crippen LogP) is 2.59. The summed E-state index contributed by atoms with van der Waals surface area (Å²) in [6.45, 7) is 0.725. The van der Waals surface area contributed by atoms with E-state index in [1.807, 2.05) is 18.2 Å². The molecule has 0 bridgehead atoms. The first-order chi connectivity index (χ1) is 7.69. The molecule has 0 saturated heterocycles. The minimum absolute atomic E-state index is 0.0130. The predicted molar refractivity (Wildman–Crippen MR) is 70.5 cm³/mol. The van der Waals surface area contributed by atoms with E-state index in [1.165, 1.54) is 0 Å². The normalized spacial score (nSPS) is 12.5. The number of ether oxygens (including phenoxy) is 1. The Morgan fingerprint density at radius 2 is 2.12 bits per heavy atom. The molecular formula is C12H19BrN2O. The third-order valence-corrected chi connectivity index (χ3v) is 3.05. The van der Waals surface area contributed by atoms with Crippen LogP contribution in [0.1, 0.15) is 30.9 Å². The second kappa shape index (κ2) is 6.89. The first-order valence-electron chi connectivity index (χ1n) is 5.48. The summed E-state index contributed by atoms with van der Waals surface area (Å²) in [7, 11) is 1.67. The topological polar surface area (TPSA) is 61.3 Å². The molecule has 4 N–H and O–H groups in total. The zero-order chi connectivity index (χ0) is 12.0. The van der Waals surface area contributed by atoms with Crippen LogP contribution in [0.15, 0.2) is 22.7 Å². The van der Waals surface area contributed by atoms with E-state index in [2.05, 4.69) is 15.9 Å². The maximum absolute atomic E-state index is 6.14. The van der Waals surface area contributed by atoms with E-state index in [9.17, 15) is 0 Å². The standard InChI is InChI=1S/C12H19BrN2O/c1-16-12-6-5-9(13)8-10(12)11(15)4-2-3-7-14/h5-6,8,11H,2-4,7,14-15H2,1H3/t11-/m1/s1. The van der Waals surface area contributed by atoms with Crippen molar-refractivity contribution in [1.29, 1.82) is 0 Å². The largest absolute Gasteiger partial charge is 0.496 e. The number of benzene rings is 1. The van der Waals surface area contributed by atoms with Gasteiger partial charge in [0.05, 0.1) is 7.11 Å². The molecule has 0 heterocycles. The highest BCUT2D eigenvalue weighted by Gasteiger charge is 2.11. The lowest BCUT2D eigenvalue weighted by molar-refractivity contribution is 0.403. The minimum atomic E-state index is 0.0130. The Bertz CT molecular complexity index is 331. The van der Waals surface area contributed by atoms with Crippen LogP contribution < -0.4 is 16.2 Å². The van der Waals surface area contributed by atoms with Crippen LogP contribution in [0.5, 0.6) is 5.75 Å². The molecule has 0 unspecified atom stereocenters. The van der Waals surface area contributed by atoms with Gasteiger partial charge in [-0.15, -0.1) is 0 Å². The Balaban J connectivity index is 2.72. The van der Waals surface area contributed by atoms with Crippen molar-refractivity contribution >= 4 is 15.9 Å². The SMILES string of the molecule is COc1ccc(Br)cc1[C@H](N)CCCCN. The van der Waals surface area contributed by atoms with Crippen molar-refractivity contribution in [1.82, 2.24) is 0 Å². The van der Waals surface area contributed by atoms with Crippen LogP contribution in [0.25, 0.3) is 0 Å². The zero-order valence-corrected chi connectivity index (χ0v) is 11.2. The molecule has 0 saturated carbocycles. The van der Waals surface area contributed by atoms with Crippen molar-refractivity contribution in [2.24, 2.45) is 11.5 Å². The highest BCUT2D eigenvalue weighted by molar-refractivity contribution is 9.10. The lowest BCUT2D eigenvalue weighted by Gasteiger charge is -2.15. The van der Waals surface area contributed by atoms with Gasteiger partial charge in [-0.25, -0.2) is 0 Å². The Morgan fingerprint density at radius 1 is 1.38 bits per heavy atom. The molecule has 0 radical (unpaired) electrons. The zero-order valence-electron chi connectivity index (χ0n) is 9.58. The Kier molecular flexibility index (Phi) is 5.80. The smallest absolute Gasteiger partial charge is 0.123 e. The molecule has 4 heteroatoms. The molecule has 0 aliphatic carbocycles. The molecule has 1 atom stereocenters. The highest BCUT2D eigenvalue weighted by Crippen LogP contribution is 2.29. The Hall–Kier alpha value is -0.580. The van der Waals surface area contributed by atoms with Gasteiger partial charge >= 0.3 is 0 Å². The summed E-state index contributed by atoms with van der Waals surface area (Å²) in [6.07, 6.45) is 3.00. The van der Waals surface area contributed by atoms with Gasteiger partial charge in [-0.2, -0.15) is 0 Å². The molecular weight excluding hydrogens is 268 g/mol. The van der Waals surface area contributed by atoms with Crippen LogP contribution in [0.3, 0.4) is 0 Å². The number of hydrogen-bond acceptors (Lipinski definition) is 3. The summed E-state index contributed by atoms with van der Waals surface area (Å²) in [5.41, 5.74) is 12.6. The lowest BCUT2D eigenvalue weighted by atomic mass is 10.0. The summed E-state index contributed by atoms with van der Waals surface area (Å²) in [6, 6.07) is 5.92. The van der Waals surface area contributed by atoms with Gasteiger partial charge in [0.15, 0.2) is 0 Å². The first-order valence-corrected chi connectivity index (χ1v) is 6.27. The van der Waals surface area contributed by atoms with Crippen molar-refractivity contribution in [2.45, 2.75) is 25.3 Å². The molecule has 0 aliphatic heterocycles. The minimum Gasteiger partial charge on any atom is -0.496 e. The van der Waals surface area contributed by atoms with Crippen molar-refractivity contribution in [3.05, 3.63) is 28.2 Å². The third kappa shape index (κ3) is 3.77. The highest BCUT2D eigenvalue weighted by atomic mass is 79.9. The van der Waals surface area contributed by atoms with Crippen LogP contribution in [0.4, 0.5) is 0 Å². The Morgan fingerprint density at radius 3 is 2.75 bits per heavy atom. The molecule has 0 aliphatic rings. The Labute approximate surface area is 105 Å². The maximum Gasteiger partial charge on any atom is 0.123 e. The molecule has 0 aromatic heterocycles. The van der Waals surface area contributed by atoms with Gasteiger partial charge in [0.25, 0.3) is 0 Å². The average molecular weight is 287 g/mol. The van der Waals surface area contributed by atoms with Gasteiger partial charge in [-0.1, -0.05) is 22.4 Å². The molecule has 0 amide bonds. The van der Waals surface area contributed by atoms with Crippen LogP contribution in [-0.2, 0) is 0 Å². The summed E-state index contributed by atoms with van der Waals surface area (Å²) in [5.74, 6) is 0.850. The summed E-state index contributed by atoms with van der Waals surface area (Å²) in [5, 5.41) is 0. The number of unbranched alkanes of at least 4 members (excludes halogenated alkanes) is 1. The molecule has 16 heavy (non-hydrogen) atoms. The average Bonchev–Trinajstić information content (AvgIpc) is 2.29. The van der Waals surface area contributed by atoms with E-state index in [1.54, 1.807) is 7.11 Å². The van der Waals surface area contributed by atoms with Gasteiger partial charge < -0.3 is 16.2 Å². The number of hydrogen-bond donors (Lipinski definition) is 2. The maximum atomic E-state index is 6.14. The molecule has 3 nitrogen and oxygen atoms in total. The molecule has 1 aromatic carbocycles. The molecule has 90 valence electrons. The van der Waals surface area contributed by atoms with Gasteiger partial charge in [0, 0.05) is 16.1 Å². The number of methoxy groups -OCH3 is 1. The first kappa shape index (κ1) is 13.5. The second-order valence-corrected chi connectivity index (χ2v) is 4.69. The van der Waals surface area contributed by atoms with E-state index in [4.69, 9.17) is 16.2 Å². The molecule has 1 rings (SSSR count). The van der Waals surface area contributed by atoms with Crippen molar-refractivity contribution in [2.75, 3.05) is 13.7 Å². The van der Waals surface area contributed by atoms with Crippen molar-refractivity contribution in [3.63, 3.8) is 0 Å². The van der Waals surface area contributed by atoms with E-state index < -0.39 is 0 Å². The quantitative estimate of drug-likeness (QED) is 0.790. The van der Waals surface area contributed by atoms with E-state index in [0.29, 0.717) is 0 Å². The second-order valence-electron chi connectivity index (χ2n) is 3.78. The summed E-state index contributed by atoms with van der Waals surface area (Å²) >= 11 is 3.44. The lowest BCUT2D eigenvalue weighted by Crippen LogP contribution is -2.12. The van der Waals surface area contributed by atoms with E-state index in [0.717, 1.165) is 41.6 Å². The van der Waals surface area contributed by atoms with Crippen molar-refractivity contribution < 1.29 is 4.74 Å². The fraction of sp³-hybridized carbons (Fsp3) is 0.500. The summed E-state index contributed by atoms with van der Waals surface area (Å²) in [4.78, 5) is 0. The molecule has 0 spiro atoms. The van der Waals surface area contributed by atoms with Gasteiger partial charge in [0.2, 0.25) is 0 Å². The van der Waals surface area contributed by atoms with Gasteiger partial charge in [-0.3, -0.25) is 0 Å². The molecule has 0 fully saturated rings. The number of rotatable bonds is 6. The monoisotopic (exact) mass is 286 g/mol.